The molecule has 150 valence electrons. The van der Waals surface area contributed by atoms with Crippen molar-refractivity contribution in [1.29, 1.82) is 0 Å². The molecule has 0 bridgehead atoms. The number of hydrogen-bond acceptors (Lipinski definition) is 3. The number of nitrogens with zero attached hydrogens (tertiary/aromatic N) is 2. The van der Waals surface area contributed by atoms with Gasteiger partial charge >= 0.3 is 0 Å². The van der Waals surface area contributed by atoms with Crippen molar-refractivity contribution in [3.63, 3.8) is 0 Å². The summed E-state index contributed by atoms with van der Waals surface area (Å²) in [7, 11) is 0. The second-order valence-electron chi connectivity index (χ2n) is 6.81. The Bertz CT molecular complexity index is 1270. The van der Waals surface area contributed by atoms with E-state index in [0.29, 0.717) is 16.7 Å². The quantitative estimate of drug-likeness (QED) is 0.545. The summed E-state index contributed by atoms with van der Waals surface area (Å²) in [6, 6.07) is 19.1. The van der Waals surface area contributed by atoms with E-state index in [1.165, 1.54) is 11.0 Å². The number of H-pyrrole nitrogens is 1. The van der Waals surface area contributed by atoms with Gasteiger partial charge in [0.2, 0.25) is 0 Å². The molecular weight excluding hydrogens is 388 g/mol. The lowest BCUT2D eigenvalue weighted by Crippen LogP contribution is -2.32. The zero-order valence-corrected chi connectivity index (χ0v) is 15.8. The topological polar surface area (TPSA) is 66.1 Å². The third-order valence-electron chi connectivity index (χ3n) is 4.67. The minimum absolute atomic E-state index is 0.00715. The standard InChI is InChI=1S/C23H17F2N3O2/c24-18-11-10-16(12-19(18)25)23(30)28(13-15-6-2-1-3-7-15)14-21-26-20-9-5-4-8-17(20)22(29)27-21/h1-12H,13-14H2,(H,26,27,29). The summed E-state index contributed by atoms with van der Waals surface area (Å²) < 4.78 is 27.0. The number of nitrogens with one attached hydrogen (secondary N) is 1. The van der Waals surface area contributed by atoms with Gasteiger partial charge in [-0.25, -0.2) is 13.8 Å². The molecule has 1 heterocycles. The van der Waals surface area contributed by atoms with Crippen LogP contribution in [0.25, 0.3) is 10.9 Å². The highest BCUT2D eigenvalue weighted by Crippen LogP contribution is 2.16. The van der Waals surface area contributed by atoms with Gasteiger partial charge in [-0.15, -0.1) is 0 Å². The molecule has 0 spiro atoms. The number of aromatic nitrogens is 2. The highest BCUT2D eigenvalue weighted by atomic mass is 19.2. The molecule has 4 aromatic rings. The van der Waals surface area contributed by atoms with E-state index < -0.39 is 17.5 Å². The molecule has 0 saturated heterocycles. The Labute approximate surface area is 170 Å². The Kier molecular flexibility index (Phi) is 5.34. The molecular formula is C23H17F2N3O2. The molecule has 0 atom stereocenters. The lowest BCUT2D eigenvalue weighted by Gasteiger charge is -2.23. The zero-order valence-electron chi connectivity index (χ0n) is 15.8. The van der Waals surface area contributed by atoms with Gasteiger partial charge in [-0.05, 0) is 35.9 Å². The first-order valence-corrected chi connectivity index (χ1v) is 9.27. The molecule has 3 aromatic carbocycles. The molecule has 30 heavy (non-hydrogen) atoms. The Morgan fingerprint density at radius 1 is 0.900 bits per heavy atom. The molecule has 0 unspecified atom stereocenters. The highest BCUT2D eigenvalue weighted by molar-refractivity contribution is 5.94. The van der Waals surface area contributed by atoms with Crippen LogP contribution in [0.2, 0.25) is 0 Å². The van der Waals surface area contributed by atoms with E-state index >= 15 is 0 Å². The van der Waals surface area contributed by atoms with Gasteiger partial charge in [0.15, 0.2) is 11.6 Å². The maximum atomic E-state index is 13.7. The monoisotopic (exact) mass is 405 g/mol. The zero-order chi connectivity index (χ0) is 21.1. The first-order chi connectivity index (χ1) is 14.5. The first kappa shape index (κ1) is 19.4. The molecule has 7 heteroatoms. The largest absolute Gasteiger partial charge is 0.327 e. The molecule has 0 fully saturated rings. The van der Waals surface area contributed by atoms with E-state index in [-0.39, 0.29) is 24.2 Å². The number of rotatable bonds is 5. The van der Waals surface area contributed by atoms with Gasteiger partial charge in [0.1, 0.15) is 5.82 Å². The Balaban J connectivity index is 1.70. The maximum Gasteiger partial charge on any atom is 0.258 e. The van der Waals surface area contributed by atoms with Crippen LogP contribution >= 0.6 is 0 Å². The first-order valence-electron chi connectivity index (χ1n) is 9.27. The summed E-state index contributed by atoms with van der Waals surface area (Å²) in [4.78, 5) is 34.0. The third-order valence-corrected chi connectivity index (χ3v) is 4.67. The fourth-order valence-corrected chi connectivity index (χ4v) is 3.21. The van der Waals surface area contributed by atoms with Gasteiger partial charge < -0.3 is 9.88 Å². The van der Waals surface area contributed by atoms with Crippen LogP contribution in [0.1, 0.15) is 21.7 Å². The van der Waals surface area contributed by atoms with Gasteiger partial charge in [0.25, 0.3) is 11.5 Å². The summed E-state index contributed by atoms with van der Waals surface area (Å²) in [6.45, 7) is 0.196. The fourth-order valence-electron chi connectivity index (χ4n) is 3.21. The molecule has 1 aromatic heterocycles. The number of hydrogen-bond donors (Lipinski definition) is 1. The van der Waals surface area contributed by atoms with Crippen molar-refractivity contribution in [2.75, 3.05) is 0 Å². The van der Waals surface area contributed by atoms with Crippen molar-refractivity contribution >= 4 is 16.8 Å². The molecule has 5 nitrogen and oxygen atoms in total. The van der Waals surface area contributed by atoms with Crippen LogP contribution in [0.4, 0.5) is 8.78 Å². The van der Waals surface area contributed by atoms with Crippen molar-refractivity contribution < 1.29 is 13.6 Å². The predicted octanol–water partition coefficient (Wildman–Crippen LogP) is 4.04. The average Bonchev–Trinajstić information content (AvgIpc) is 2.75. The number of amides is 1. The maximum absolute atomic E-state index is 13.7. The van der Waals surface area contributed by atoms with Crippen molar-refractivity contribution in [2.24, 2.45) is 0 Å². The van der Waals surface area contributed by atoms with Crippen molar-refractivity contribution in [3.05, 3.63) is 112 Å². The normalized spacial score (nSPS) is 10.9. The summed E-state index contributed by atoms with van der Waals surface area (Å²) >= 11 is 0. The fraction of sp³-hybridized carbons (Fsp3) is 0.0870. The summed E-state index contributed by atoms with van der Waals surface area (Å²) in [6.07, 6.45) is 0. The smallest absolute Gasteiger partial charge is 0.258 e. The summed E-state index contributed by atoms with van der Waals surface area (Å²) in [5, 5.41) is 0.447. The third kappa shape index (κ3) is 4.10. The molecule has 0 aliphatic heterocycles. The molecule has 0 saturated carbocycles. The molecule has 0 radical (unpaired) electrons. The van der Waals surface area contributed by atoms with Crippen molar-refractivity contribution in [2.45, 2.75) is 13.1 Å². The van der Waals surface area contributed by atoms with Crippen LogP contribution in [-0.4, -0.2) is 20.8 Å². The minimum Gasteiger partial charge on any atom is -0.327 e. The number of halogens is 2. The van der Waals surface area contributed by atoms with Gasteiger partial charge in [-0.1, -0.05) is 42.5 Å². The molecule has 0 aliphatic rings. The van der Waals surface area contributed by atoms with Gasteiger partial charge in [-0.2, -0.15) is 0 Å². The van der Waals surface area contributed by atoms with Crippen LogP contribution in [-0.2, 0) is 13.1 Å². The Morgan fingerprint density at radius 2 is 1.63 bits per heavy atom. The predicted molar refractivity (Wildman–Crippen MR) is 109 cm³/mol. The van der Waals surface area contributed by atoms with E-state index in [1.807, 2.05) is 30.3 Å². The van der Waals surface area contributed by atoms with Gasteiger partial charge in [-0.3, -0.25) is 9.59 Å². The Morgan fingerprint density at radius 3 is 2.40 bits per heavy atom. The molecule has 1 amide bonds. The number of fused-ring (bicyclic) bond motifs is 1. The van der Waals surface area contributed by atoms with Crippen LogP contribution in [0, 0.1) is 11.6 Å². The van der Waals surface area contributed by atoms with E-state index in [4.69, 9.17) is 0 Å². The van der Waals surface area contributed by atoms with Crippen LogP contribution < -0.4 is 5.56 Å². The van der Waals surface area contributed by atoms with Gasteiger partial charge in [0.05, 0.1) is 17.4 Å². The summed E-state index contributed by atoms with van der Waals surface area (Å²) in [5.74, 6) is -2.33. The second kappa shape index (κ2) is 8.24. The van der Waals surface area contributed by atoms with Crippen LogP contribution in [0.3, 0.4) is 0 Å². The molecule has 0 aliphatic carbocycles. The summed E-state index contributed by atoms with van der Waals surface area (Å²) in [5.41, 5.74) is 1.05. The van der Waals surface area contributed by atoms with E-state index in [2.05, 4.69) is 9.97 Å². The van der Waals surface area contributed by atoms with E-state index in [9.17, 15) is 18.4 Å². The second-order valence-corrected chi connectivity index (χ2v) is 6.81. The Hall–Kier alpha value is -3.87. The SMILES string of the molecule is O=C(c1ccc(F)c(F)c1)N(Cc1ccccc1)Cc1nc2ccccc2c(=O)[nH]1. The van der Waals surface area contributed by atoms with Crippen LogP contribution in [0.15, 0.2) is 77.6 Å². The lowest BCUT2D eigenvalue weighted by atomic mass is 10.1. The number of benzene rings is 3. The minimum atomic E-state index is -1.10. The van der Waals surface area contributed by atoms with E-state index in [0.717, 1.165) is 17.7 Å². The van der Waals surface area contributed by atoms with Crippen LogP contribution in [0.5, 0.6) is 0 Å². The van der Waals surface area contributed by atoms with Crippen molar-refractivity contribution in [1.82, 2.24) is 14.9 Å². The number of carbonyl (C=O) groups excluding carboxylic acids is 1. The molecule has 1 N–H and O–H groups in total. The average molecular weight is 405 g/mol. The lowest BCUT2D eigenvalue weighted by molar-refractivity contribution is 0.0725. The van der Waals surface area contributed by atoms with Gasteiger partial charge in [0, 0.05) is 12.1 Å². The molecule has 4 rings (SSSR count). The number of carbonyl (C=O) groups is 1. The number of para-hydroxylation sites is 1. The van der Waals surface area contributed by atoms with E-state index in [1.54, 1.807) is 24.3 Å². The highest BCUT2D eigenvalue weighted by Gasteiger charge is 2.20. The number of aromatic amines is 1. The van der Waals surface area contributed by atoms with Crippen molar-refractivity contribution in [3.8, 4) is 0 Å².